The van der Waals surface area contributed by atoms with Crippen LogP contribution in [-0.2, 0) is 16.1 Å². The van der Waals surface area contributed by atoms with Gasteiger partial charge in [0.2, 0.25) is 5.91 Å². The largest absolute Gasteiger partial charge is 0.371 e. The lowest BCUT2D eigenvalue weighted by Gasteiger charge is -2.32. The summed E-state index contributed by atoms with van der Waals surface area (Å²) >= 11 is 0. The molecule has 2 bridgehead atoms. The lowest BCUT2D eigenvalue weighted by atomic mass is 10.00. The Balaban J connectivity index is 1.64. The van der Waals surface area contributed by atoms with Crippen molar-refractivity contribution < 1.29 is 13.9 Å². The maximum absolute atomic E-state index is 12.9. The number of fused-ring (bicyclic) bond motifs is 2. The number of ether oxygens (including phenoxy) is 1. The highest BCUT2D eigenvalue weighted by atomic mass is 19.1. The zero-order valence-corrected chi connectivity index (χ0v) is 11.5. The summed E-state index contributed by atoms with van der Waals surface area (Å²) in [5.41, 5.74) is 1.09. The van der Waals surface area contributed by atoms with E-state index < -0.39 is 0 Å². The highest BCUT2D eigenvalue weighted by Gasteiger charge is 2.44. The van der Waals surface area contributed by atoms with Crippen LogP contribution in [0, 0.1) is 11.7 Å². The van der Waals surface area contributed by atoms with Gasteiger partial charge in [-0.05, 0) is 24.1 Å². The molecule has 3 rings (SSSR count). The molecule has 1 amide bonds. The van der Waals surface area contributed by atoms with Gasteiger partial charge in [-0.3, -0.25) is 9.69 Å². The minimum absolute atomic E-state index is 0.0193. The van der Waals surface area contributed by atoms with Crippen LogP contribution in [0.5, 0.6) is 0 Å². The van der Waals surface area contributed by atoms with Crippen molar-refractivity contribution >= 4 is 5.91 Å². The average molecular weight is 278 g/mol. The maximum atomic E-state index is 12.9. The molecule has 2 fully saturated rings. The second kappa shape index (κ2) is 5.50. The quantitative estimate of drug-likeness (QED) is 0.902. The predicted octanol–water partition coefficient (Wildman–Crippen LogP) is 1.16. The Morgan fingerprint density at radius 1 is 1.40 bits per heavy atom. The Morgan fingerprint density at radius 2 is 2.15 bits per heavy atom. The smallest absolute Gasteiger partial charge is 0.225 e. The minimum Gasteiger partial charge on any atom is -0.371 e. The summed E-state index contributed by atoms with van der Waals surface area (Å²) in [6, 6.07) is 6.58. The third-order valence-electron chi connectivity index (χ3n) is 4.14. The van der Waals surface area contributed by atoms with Crippen molar-refractivity contribution in [2.45, 2.75) is 25.2 Å². The molecule has 0 aromatic heterocycles. The Labute approximate surface area is 117 Å². The minimum atomic E-state index is -0.213. The molecule has 2 saturated heterocycles. The van der Waals surface area contributed by atoms with Crippen molar-refractivity contribution in [2.24, 2.45) is 5.92 Å². The molecule has 0 radical (unpaired) electrons. The molecule has 0 saturated carbocycles. The normalized spacial score (nSPS) is 29.4. The van der Waals surface area contributed by atoms with Gasteiger partial charge in [0.15, 0.2) is 0 Å². The highest BCUT2D eigenvalue weighted by molar-refractivity contribution is 5.79. The molecule has 2 aliphatic rings. The van der Waals surface area contributed by atoms with E-state index in [-0.39, 0.29) is 29.9 Å². The van der Waals surface area contributed by atoms with Gasteiger partial charge in [-0.25, -0.2) is 4.39 Å². The number of amides is 1. The fraction of sp³-hybridized carbons (Fsp3) is 0.533. The molecule has 1 N–H and O–H groups in total. The first-order chi connectivity index (χ1) is 9.65. The SMILES string of the molecule is CNC(=O)[C@@H]1C[C@H]2CN(Cc3ccc(F)cc3)C[C@@H]1O2. The van der Waals surface area contributed by atoms with Crippen LogP contribution in [0.1, 0.15) is 12.0 Å². The van der Waals surface area contributed by atoms with Gasteiger partial charge < -0.3 is 10.1 Å². The molecule has 0 spiro atoms. The van der Waals surface area contributed by atoms with Gasteiger partial charge in [0, 0.05) is 26.7 Å². The van der Waals surface area contributed by atoms with Crippen LogP contribution in [0.2, 0.25) is 0 Å². The number of morpholine rings is 1. The van der Waals surface area contributed by atoms with Crippen LogP contribution in [0.25, 0.3) is 0 Å². The van der Waals surface area contributed by atoms with Crippen LogP contribution in [0.3, 0.4) is 0 Å². The molecular formula is C15H19FN2O2. The maximum Gasteiger partial charge on any atom is 0.225 e. The zero-order valence-electron chi connectivity index (χ0n) is 11.5. The molecule has 2 aliphatic heterocycles. The highest BCUT2D eigenvalue weighted by Crippen LogP contribution is 2.32. The van der Waals surface area contributed by atoms with E-state index in [9.17, 15) is 9.18 Å². The van der Waals surface area contributed by atoms with E-state index in [1.807, 2.05) is 12.1 Å². The number of carbonyl (C=O) groups is 1. The Hall–Kier alpha value is -1.46. The summed E-state index contributed by atoms with van der Waals surface area (Å²) in [5, 5.41) is 2.71. The van der Waals surface area contributed by atoms with Crippen molar-refractivity contribution in [1.82, 2.24) is 10.2 Å². The van der Waals surface area contributed by atoms with Gasteiger partial charge >= 0.3 is 0 Å². The summed E-state index contributed by atoms with van der Waals surface area (Å²) in [6.45, 7) is 2.37. The van der Waals surface area contributed by atoms with E-state index >= 15 is 0 Å². The number of rotatable bonds is 3. The number of hydrogen-bond donors (Lipinski definition) is 1. The first kappa shape index (κ1) is 13.5. The molecule has 4 nitrogen and oxygen atoms in total. The first-order valence-corrected chi connectivity index (χ1v) is 6.99. The van der Waals surface area contributed by atoms with Gasteiger partial charge in [0.25, 0.3) is 0 Å². The van der Waals surface area contributed by atoms with E-state index in [0.29, 0.717) is 0 Å². The Kier molecular flexibility index (Phi) is 3.72. The summed E-state index contributed by atoms with van der Waals surface area (Å²) in [5.74, 6) is -0.181. The van der Waals surface area contributed by atoms with Gasteiger partial charge in [0.05, 0.1) is 18.1 Å². The van der Waals surface area contributed by atoms with E-state index in [1.165, 1.54) is 12.1 Å². The molecule has 5 heteroatoms. The van der Waals surface area contributed by atoms with Gasteiger partial charge in [-0.1, -0.05) is 12.1 Å². The van der Waals surface area contributed by atoms with Crippen molar-refractivity contribution in [1.29, 1.82) is 0 Å². The van der Waals surface area contributed by atoms with Crippen molar-refractivity contribution in [2.75, 3.05) is 20.1 Å². The molecule has 2 heterocycles. The Morgan fingerprint density at radius 3 is 2.85 bits per heavy atom. The van der Waals surface area contributed by atoms with Crippen LogP contribution in [0.15, 0.2) is 24.3 Å². The number of halogens is 1. The summed E-state index contributed by atoms with van der Waals surface area (Å²) in [4.78, 5) is 14.1. The van der Waals surface area contributed by atoms with E-state index in [1.54, 1.807) is 7.05 Å². The number of likely N-dealkylation sites (tertiary alicyclic amines) is 1. The van der Waals surface area contributed by atoms with E-state index in [2.05, 4.69) is 10.2 Å². The average Bonchev–Trinajstić information content (AvgIpc) is 2.75. The molecule has 20 heavy (non-hydrogen) atoms. The van der Waals surface area contributed by atoms with Crippen LogP contribution in [-0.4, -0.2) is 43.2 Å². The molecular weight excluding hydrogens is 259 g/mol. The van der Waals surface area contributed by atoms with Crippen LogP contribution < -0.4 is 5.32 Å². The number of nitrogens with zero attached hydrogens (tertiary/aromatic N) is 1. The predicted molar refractivity (Wildman–Crippen MR) is 72.5 cm³/mol. The molecule has 1 aromatic carbocycles. The lowest BCUT2D eigenvalue weighted by molar-refractivity contribution is -0.127. The first-order valence-electron chi connectivity index (χ1n) is 6.99. The van der Waals surface area contributed by atoms with E-state index in [0.717, 1.165) is 31.6 Å². The van der Waals surface area contributed by atoms with Crippen molar-refractivity contribution in [3.63, 3.8) is 0 Å². The van der Waals surface area contributed by atoms with E-state index in [4.69, 9.17) is 4.74 Å². The summed E-state index contributed by atoms with van der Waals surface area (Å²) in [6.07, 6.45) is 0.912. The molecule has 0 unspecified atom stereocenters. The third kappa shape index (κ3) is 2.69. The second-order valence-corrected chi connectivity index (χ2v) is 5.57. The van der Waals surface area contributed by atoms with Crippen molar-refractivity contribution in [3.05, 3.63) is 35.6 Å². The molecule has 0 aliphatic carbocycles. The fourth-order valence-electron chi connectivity index (χ4n) is 3.18. The second-order valence-electron chi connectivity index (χ2n) is 5.57. The zero-order chi connectivity index (χ0) is 14.1. The molecule has 3 atom stereocenters. The molecule has 1 aromatic rings. The van der Waals surface area contributed by atoms with Crippen molar-refractivity contribution in [3.8, 4) is 0 Å². The Bertz CT molecular complexity index is 491. The monoisotopic (exact) mass is 278 g/mol. The van der Waals surface area contributed by atoms with Gasteiger partial charge in [-0.2, -0.15) is 0 Å². The third-order valence-corrected chi connectivity index (χ3v) is 4.14. The lowest BCUT2D eigenvalue weighted by Crippen LogP contribution is -2.44. The van der Waals surface area contributed by atoms with Gasteiger partial charge in [0.1, 0.15) is 5.82 Å². The fourth-order valence-corrected chi connectivity index (χ4v) is 3.18. The summed E-state index contributed by atoms with van der Waals surface area (Å²) in [7, 11) is 1.67. The summed E-state index contributed by atoms with van der Waals surface area (Å²) < 4.78 is 18.8. The number of carbonyl (C=O) groups excluding carboxylic acids is 1. The number of hydrogen-bond acceptors (Lipinski definition) is 3. The van der Waals surface area contributed by atoms with Gasteiger partial charge in [-0.15, -0.1) is 0 Å². The molecule has 108 valence electrons. The number of nitrogens with one attached hydrogen (secondary N) is 1. The number of benzene rings is 1. The van der Waals surface area contributed by atoms with Crippen LogP contribution in [0.4, 0.5) is 4.39 Å². The topological polar surface area (TPSA) is 41.6 Å². The standard InChI is InChI=1S/C15H19FN2O2/c1-17-15(19)13-6-12-8-18(9-14(13)20-12)7-10-2-4-11(16)5-3-10/h2-5,12-14H,6-9H2,1H3,(H,17,19)/t12-,13+,14-/m0/s1. The van der Waals surface area contributed by atoms with Crippen LogP contribution >= 0.6 is 0 Å².